The van der Waals surface area contributed by atoms with Crippen molar-refractivity contribution >= 4 is 17.4 Å². The van der Waals surface area contributed by atoms with Gasteiger partial charge in [-0.05, 0) is 24.6 Å². The van der Waals surface area contributed by atoms with Gasteiger partial charge in [-0.1, -0.05) is 6.92 Å². The van der Waals surface area contributed by atoms with Crippen molar-refractivity contribution < 1.29 is 17.4 Å². The van der Waals surface area contributed by atoms with E-state index in [1.807, 2.05) is 13.8 Å². The predicted octanol–water partition coefficient (Wildman–Crippen LogP) is -3.06. The number of allylic oxidation sites excluding steroid dienone is 1. The zero-order valence-electron chi connectivity index (χ0n) is 6.12. The number of nitrogens with one attached hydrogen (secondary N) is 1. The Morgan fingerprint density at radius 1 is 1.70 bits per heavy atom. The number of rotatable bonds is 2. The first-order valence-corrected chi connectivity index (χ1v) is 3.28. The molecule has 0 heterocycles. The lowest BCUT2D eigenvalue weighted by molar-refractivity contribution is -0.386. The van der Waals surface area contributed by atoms with Crippen molar-refractivity contribution in [3.8, 4) is 0 Å². The summed E-state index contributed by atoms with van der Waals surface area (Å²) in [6.07, 6.45) is 2.55. The maximum atomic E-state index is 5.59. The first-order valence-electron chi connectivity index (χ1n) is 2.90. The molecule has 0 saturated carbocycles. The monoisotopic (exact) mass is 182 g/mol. The minimum atomic E-state index is 0. The highest BCUT2D eigenvalue weighted by Gasteiger charge is 1.93. The van der Waals surface area contributed by atoms with E-state index in [0.717, 1.165) is 6.42 Å². The van der Waals surface area contributed by atoms with Crippen molar-refractivity contribution in [2.75, 3.05) is 0 Å². The number of hydrogen-bond donors (Lipinski definition) is 2. The SMILES string of the molecule is C/C=C(Cl)\[NH+]=C(\N)CC.[Cl-]. The Kier molecular flexibility index (Phi) is 8.61. The van der Waals surface area contributed by atoms with Gasteiger partial charge in [0.05, 0.1) is 0 Å². The number of halogens is 2. The maximum absolute atomic E-state index is 5.59. The van der Waals surface area contributed by atoms with Crippen LogP contribution in [0.4, 0.5) is 0 Å². The van der Waals surface area contributed by atoms with Crippen molar-refractivity contribution in [3.63, 3.8) is 0 Å². The van der Waals surface area contributed by atoms with Crippen LogP contribution in [0.2, 0.25) is 0 Å². The Labute approximate surface area is 72.6 Å². The Morgan fingerprint density at radius 3 is 2.50 bits per heavy atom. The molecule has 0 saturated heterocycles. The second-order valence-corrected chi connectivity index (χ2v) is 2.05. The summed E-state index contributed by atoms with van der Waals surface area (Å²) < 4.78 is 0. The number of hydrogen-bond acceptors (Lipinski definition) is 0. The quantitative estimate of drug-likeness (QED) is 0.266. The highest BCUT2D eigenvalue weighted by Crippen LogP contribution is 1.82. The minimum absolute atomic E-state index is 0. The van der Waals surface area contributed by atoms with Crippen LogP contribution in [0.3, 0.4) is 0 Å². The molecule has 0 spiro atoms. The lowest BCUT2D eigenvalue weighted by Gasteiger charge is -1.85. The summed E-state index contributed by atoms with van der Waals surface area (Å²) in [5.41, 5.74) is 5.43. The molecule has 0 aliphatic carbocycles. The van der Waals surface area contributed by atoms with Gasteiger partial charge < -0.3 is 12.4 Å². The Morgan fingerprint density at radius 2 is 2.20 bits per heavy atom. The zero-order valence-corrected chi connectivity index (χ0v) is 7.63. The summed E-state index contributed by atoms with van der Waals surface area (Å²) in [6, 6.07) is 0. The van der Waals surface area contributed by atoms with Gasteiger partial charge in [0.2, 0.25) is 5.84 Å². The van der Waals surface area contributed by atoms with Gasteiger partial charge in [-0.3, -0.25) is 5.73 Å². The van der Waals surface area contributed by atoms with E-state index in [1.54, 1.807) is 6.08 Å². The fraction of sp³-hybridized carbons (Fsp3) is 0.500. The third-order valence-corrected chi connectivity index (χ3v) is 1.23. The lowest BCUT2D eigenvalue weighted by Crippen LogP contribution is -3.00. The standard InChI is InChI=1S/C6H11ClN2.ClH/c1-3-5(7)9-6(8)4-2;/h3H,4H2,1-2H3,(H2,8,9);1H/b5-3-;. The van der Waals surface area contributed by atoms with Crippen molar-refractivity contribution in [1.29, 1.82) is 0 Å². The van der Waals surface area contributed by atoms with Gasteiger partial charge in [0.25, 0.3) is 0 Å². The van der Waals surface area contributed by atoms with Crippen LogP contribution in [0, 0.1) is 0 Å². The van der Waals surface area contributed by atoms with Crippen molar-refractivity contribution in [1.82, 2.24) is 0 Å². The van der Waals surface area contributed by atoms with Crippen molar-refractivity contribution in [2.24, 2.45) is 5.73 Å². The fourth-order valence-electron chi connectivity index (χ4n) is 0.314. The number of nitrogens with two attached hydrogens (primary N) is 1. The van der Waals surface area contributed by atoms with Gasteiger partial charge in [0, 0.05) is 6.42 Å². The van der Waals surface area contributed by atoms with Gasteiger partial charge in [-0.15, -0.1) is 0 Å². The maximum Gasteiger partial charge on any atom is 0.245 e. The molecule has 0 amide bonds. The highest BCUT2D eigenvalue weighted by atomic mass is 35.5. The largest absolute Gasteiger partial charge is 1.00 e. The van der Waals surface area contributed by atoms with Gasteiger partial charge in [0.1, 0.15) is 0 Å². The van der Waals surface area contributed by atoms with E-state index in [1.165, 1.54) is 0 Å². The minimum Gasteiger partial charge on any atom is -1.00 e. The van der Waals surface area contributed by atoms with Crippen LogP contribution in [0.25, 0.3) is 0 Å². The van der Waals surface area contributed by atoms with E-state index in [0.29, 0.717) is 11.0 Å². The predicted molar refractivity (Wildman–Crippen MR) is 40.1 cm³/mol. The van der Waals surface area contributed by atoms with E-state index >= 15 is 0 Å². The molecule has 0 rings (SSSR count). The molecular weight excluding hydrogens is 171 g/mol. The third kappa shape index (κ3) is 5.92. The molecule has 0 aliphatic rings. The summed E-state index contributed by atoms with van der Waals surface area (Å²) in [5.74, 6) is 0.693. The normalized spacial score (nSPS) is 12.7. The molecule has 4 heteroatoms. The summed E-state index contributed by atoms with van der Waals surface area (Å²) in [6.45, 7) is 3.81. The molecule has 0 aliphatic heterocycles. The van der Waals surface area contributed by atoms with E-state index in [2.05, 4.69) is 4.99 Å². The second-order valence-electron chi connectivity index (χ2n) is 1.64. The topological polar surface area (TPSA) is 40.0 Å². The molecule has 0 radical (unpaired) electrons. The average Bonchev–Trinajstić information content (AvgIpc) is 1.87. The summed E-state index contributed by atoms with van der Waals surface area (Å²) in [7, 11) is 0. The number of amidine groups is 1. The second kappa shape index (κ2) is 6.90. The molecule has 0 atom stereocenters. The lowest BCUT2D eigenvalue weighted by atomic mass is 10.4. The van der Waals surface area contributed by atoms with E-state index in [9.17, 15) is 0 Å². The summed E-state index contributed by atoms with van der Waals surface area (Å²) in [4.78, 5) is 2.80. The van der Waals surface area contributed by atoms with Gasteiger partial charge in [-0.25, -0.2) is 4.99 Å². The van der Waals surface area contributed by atoms with Crippen LogP contribution in [0.15, 0.2) is 11.2 Å². The first kappa shape index (κ1) is 12.5. The highest BCUT2D eigenvalue weighted by molar-refractivity contribution is 6.27. The molecule has 3 N–H and O–H groups in total. The summed E-state index contributed by atoms with van der Waals surface area (Å²) in [5, 5.41) is 0.578. The molecule has 60 valence electrons. The molecule has 0 fully saturated rings. The van der Waals surface area contributed by atoms with Crippen LogP contribution in [0.5, 0.6) is 0 Å². The molecule has 0 aromatic carbocycles. The van der Waals surface area contributed by atoms with Crippen molar-refractivity contribution in [2.45, 2.75) is 20.3 Å². The van der Waals surface area contributed by atoms with Crippen LogP contribution in [-0.4, -0.2) is 5.84 Å². The smallest absolute Gasteiger partial charge is 0.245 e. The Bertz CT molecular complexity index is 141. The van der Waals surface area contributed by atoms with Crippen LogP contribution in [-0.2, 0) is 0 Å². The molecule has 2 nitrogen and oxygen atoms in total. The molecule has 0 aromatic heterocycles. The molecule has 0 unspecified atom stereocenters. The van der Waals surface area contributed by atoms with Crippen molar-refractivity contribution in [3.05, 3.63) is 11.2 Å². The molecule has 10 heavy (non-hydrogen) atoms. The Balaban J connectivity index is 0. The average molecular weight is 183 g/mol. The van der Waals surface area contributed by atoms with E-state index in [-0.39, 0.29) is 12.4 Å². The zero-order chi connectivity index (χ0) is 7.28. The first-order chi connectivity index (χ1) is 4.20. The molecule has 0 bridgehead atoms. The molecular formula is C6H12Cl2N2. The van der Waals surface area contributed by atoms with E-state index in [4.69, 9.17) is 17.3 Å². The van der Waals surface area contributed by atoms with Crippen LogP contribution >= 0.6 is 11.6 Å². The van der Waals surface area contributed by atoms with Crippen LogP contribution < -0.4 is 23.1 Å². The van der Waals surface area contributed by atoms with Gasteiger partial charge in [0.15, 0.2) is 5.16 Å². The summed E-state index contributed by atoms with van der Waals surface area (Å²) >= 11 is 5.59. The fourth-order valence-corrected chi connectivity index (χ4v) is 0.435. The van der Waals surface area contributed by atoms with Gasteiger partial charge >= 0.3 is 0 Å². The van der Waals surface area contributed by atoms with Gasteiger partial charge in [-0.2, -0.15) is 0 Å². The molecule has 0 aromatic rings. The Hall–Kier alpha value is -0.210. The van der Waals surface area contributed by atoms with Crippen LogP contribution in [0.1, 0.15) is 20.3 Å². The third-order valence-electron chi connectivity index (χ3n) is 0.914. The van der Waals surface area contributed by atoms with E-state index < -0.39 is 0 Å².